The van der Waals surface area contributed by atoms with Crippen molar-refractivity contribution in [2.24, 2.45) is 0 Å². The molecule has 3 N–H and O–H groups in total. The zero-order chi connectivity index (χ0) is 11.2. The van der Waals surface area contributed by atoms with Gasteiger partial charge in [-0.3, -0.25) is 9.11 Å². The van der Waals surface area contributed by atoms with Gasteiger partial charge in [-0.05, 0) is 24.3 Å². The Morgan fingerprint density at radius 1 is 0.750 bits per heavy atom. The van der Waals surface area contributed by atoms with Crippen LogP contribution in [-0.2, 0) is 0 Å². The number of fused-ring (bicyclic) bond motifs is 2. The van der Waals surface area contributed by atoms with Crippen molar-refractivity contribution in [3.63, 3.8) is 0 Å². The number of benzene rings is 2. The summed E-state index contributed by atoms with van der Waals surface area (Å²) in [6.07, 6.45) is 0. The zero-order valence-electron chi connectivity index (χ0n) is 8.42. The number of hydrogen-bond acceptors (Lipinski definition) is 3. The van der Waals surface area contributed by atoms with E-state index in [1.807, 2.05) is 36.4 Å². The van der Waals surface area contributed by atoms with Crippen LogP contribution in [0.15, 0.2) is 58.3 Å². The first kappa shape index (κ1) is 9.72. The molecule has 4 heteroatoms. The lowest BCUT2D eigenvalue weighted by Gasteiger charge is -2.39. The van der Waals surface area contributed by atoms with Crippen molar-refractivity contribution in [3.05, 3.63) is 48.5 Å². The predicted octanol–water partition coefficient (Wildman–Crippen LogP) is 3.91. The van der Waals surface area contributed by atoms with E-state index in [1.165, 1.54) is 0 Å². The van der Waals surface area contributed by atoms with Crippen LogP contribution in [0.3, 0.4) is 0 Å². The van der Waals surface area contributed by atoms with Gasteiger partial charge in [0.2, 0.25) is 0 Å². The Morgan fingerprint density at radius 2 is 1.19 bits per heavy atom. The highest BCUT2D eigenvalue weighted by atomic mass is 32.3. The molecule has 0 saturated heterocycles. The Kier molecular flexibility index (Phi) is 1.97. The maximum absolute atomic E-state index is 10.3. The standard InChI is InChI=1S/C12H11NO2S/c14-16(15)11-7-3-1-5-9(11)13-10-6-2-4-8-12(10)16/h1-8,13-15H. The second-order valence-corrected chi connectivity index (χ2v) is 5.64. The highest BCUT2D eigenvalue weighted by Gasteiger charge is 2.28. The Morgan fingerprint density at radius 3 is 1.69 bits per heavy atom. The maximum atomic E-state index is 10.3. The molecule has 2 aromatic rings. The molecule has 0 atom stereocenters. The highest BCUT2D eigenvalue weighted by Crippen LogP contribution is 2.63. The SMILES string of the molecule is OS1(O)c2ccccc2Nc2ccccc21. The van der Waals surface area contributed by atoms with Gasteiger partial charge in [-0.15, -0.1) is 10.6 Å². The number of rotatable bonds is 0. The van der Waals surface area contributed by atoms with E-state index >= 15 is 0 Å². The van der Waals surface area contributed by atoms with E-state index in [2.05, 4.69) is 5.32 Å². The summed E-state index contributed by atoms with van der Waals surface area (Å²) < 4.78 is 20.6. The molecule has 82 valence electrons. The summed E-state index contributed by atoms with van der Waals surface area (Å²) in [6, 6.07) is 14.5. The summed E-state index contributed by atoms with van der Waals surface area (Å²) in [4.78, 5) is 1.13. The van der Waals surface area contributed by atoms with Crippen molar-refractivity contribution in [1.82, 2.24) is 0 Å². The molecule has 0 aliphatic carbocycles. The van der Waals surface area contributed by atoms with Gasteiger partial charge in [-0.1, -0.05) is 24.3 Å². The summed E-state index contributed by atoms with van der Waals surface area (Å²) in [6.45, 7) is 0. The predicted molar refractivity (Wildman–Crippen MR) is 65.5 cm³/mol. The molecule has 0 saturated carbocycles. The van der Waals surface area contributed by atoms with Crippen molar-refractivity contribution >= 4 is 22.0 Å². The van der Waals surface area contributed by atoms with Crippen molar-refractivity contribution in [1.29, 1.82) is 0 Å². The van der Waals surface area contributed by atoms with Crippen molar-refractivity contribution in [2.45, 2.75) is 9.79 Å². The van der Waals surface area contributed by atoms with Crippen molar-refractivity contribution < 1.29 is 9.11 Å². The van der Waals surface area contributed by atoms with Crippen LogP contribution in [0, 0.1) is 0 Å². The van der Waals surface area contributed by atoms with Crippen molar-refractivity contribution in [3.8, 4) is 0 Å². The minimum atomic E-state index is -2.86. The zero-order valence-corrected chi connectivity index (χ0v) is 9.24. The molecule has 3 nitrogen and oxygen atoms in total. The molecular formula is C12H11NO2S. The number of para-hydroxylation sites is 2. The summed E-state index contributed by atoms with van der Waals surface area (Å²) >= 11 is 0. The molecule has 0 radical (unpaired) electrons. The molecule has 2 aromatic carbocycles. The fraction of sp³-hybridized carbons (Fsp3) is 0. The minimum absolute atomic E-state index is 0.564. The first-order chi connectivity index (χ1) is 7.69. The molecule has 1 aliphatic heterocycles. The van der Waals surface area contributed by atoms with Gasteiger partial charge in [0.25, 0.3) is 0 Å². The molecule has 0 amide bonds. The lowest BCUT2D eigenvalue weighted by atomic mass is 10.2. The smallest absolute Gasteiger partial charge is 0.0872 e. The van der Waals surface area contributed by atoms with E-state index in [4.69, 9.17) is 0 Å². The summed E-state index contributed by atoms with van der Waals surface area (Å²) in [5, 5.41) is 3.20. The lowest BCUT2D eigenvalue weighted by molar-refractivity contribution is 0.487. The topological polar surface area (TPSA) is 52.5 Å². The van der Waals surface area contributed by atoms with Gasteiger partial charge in [0.15, 0.2) is 0 Å². The van der Waals surface area contributed by atoms with Crippen LogP contribution >= 0.6 is 10.6 Å². The fourth-order valence-corrected chi connectivity index (χ4v) is 3.52. The molecule has 1 aliphatic rings. The van der Waals surface area contributed by atoms with Crippen LogP contribution in [0.4, 0.5) is 11.4 Å². The molecule has 0 fully saturated rings. The van der Waals surface area contributed by atoms with Gasteiger partial charge in [0, 0.05) is 0 Å². The Labute approximate surface area is 95.1 Å². The fourth-order valence-electron chi connectivity index (χ4n) is 1.90. The van der Waals surface area contributed by atoms with Gasteiger partial charge < -0.3 is 5.32 Å². The Balaban J connectivity index is 2.28. The van der Waals surface area contributed by atoms with Gasteiger partial charge in [0.1, 0.15) is 0 Å². The lowest BCUT2D eigenvalue weighted by Crippen LogP contribution is -2.10. The van der Waals surface area contributed by atoms with E-state index in [-0.39, 0.29) is 0 Å². The monoisotopic (exact) mass is 233 g/mol. The highest BCUT2D eigenvalue weighted by molar-refractivity contribution is 8.24. The quantitative estimate of drug-likeness (QED) is 0.646. The third kappa shape index (κ3) is 1.24. The molecule has 0 aromatic heterocycles. The average Bonchev–Trinajstić information content (AvgIpc) is 2.29. The number of hydrogen-bond donors (Lipinski definition) is 3. The molecule has 0 bridgehead atoms. The summed E-state index contributed by atoms with van der Waals surface area (Å²) in [7, 11) is -2.86. The number of anilines is 2. The normalized spacial score (nSPS) is 17.9. The number of nitrogens with one attached hydrogen (secondary N) is 1. The molecule has 16 heavy (non-hydrogen) atoms. The molecule has 0 unspecified atom stereocenters. The first-order valence-corrected chi connectivity index (χ1v) is 6.47. The summed E-state index contributed by atoms with van der Waals surface area (Å²) in [5.41, 5.74) is 1.53. The molecule has 3 rings (SSSR count). The van der Waals surface area contributed by atoms with Gasteiger partial charge in [0.05, 0.1) is 21.2 Å². The van der Waals surface area contributed by atoms with Crippen LogP contribution in [-0.4, -0.2) is 9.11 Å². The van der Waals surface area contributed by atoms with Crippen molar-refractivity contribution in [2.75, 3.05) is 5.32 Å². The van der Waals surface area contributed by atoms with Gasteiger partial charge >= 0.3 is 0 Å². The second-order valence-electron chi connectivity index (χ2n) is 3.67. The van der Waals surface area contributed by atoms with E-state index in [0.717, 1.165) is 11.4 Å². The summed E-state index contributed by atoms with van der Waals surface area (Å²) in [5.74, 6) is 0. The van der Waals surface area contributed by atoms with E-state index in [0.29, 0.717) is 9.79 Å². The average molecular weight is 233 g/mol. The third-order valence-corrected chi connectivity index (χ3v) is 4.60. The Hall–Kier alpha value is -1.49. The van der Waals surface area contributed by atoms with Gasteiger partial charge in [-0.2, -0.15) is 0 Å². The molecule has 1 heterocycles. The molecular weight excluding hydrogens is 222 g/mol. The van der Waals surface area contributed by atoms with Crippen LogP contribution in [0.1, 0.15) is 0 Å². The molecule has 0 spiro atoms. The largest absolute Gasteiger partial charge is 0.352 e. The third-order valence-electron chi connectivity index (χ3n) is 2.66. The van der Waals surface area contributed by atoms with Crippen LogP contribution in [0.25, 0.3) is 0 Å². The van der Waals surface area contributed by atoms with Gasteiger partial charge in [-0.25, -0.2) is 0 Å². The second kappa shape index (κ2) is 3.25. The van der Waals surface area contributed by atoms with E-state index in [9.17, 15) is 9.11 Å². The van der Waals surface area contributed by atoms with Crippen LogP contribution in [0.2, 0.25) is 0 Å². The Bertz CT molecular complexity index is 507. The van der Waals surface area contributed by atoms with E-state index < -0.39 is 10.6 Å². The van der Waals surface area contributed by atoms with Crippen LogP contribution in [0.5, 0.6) is 0 Å². The minimum Gasteiger partial charge on any atom is -0.352 e. The van der Waals surface area contributed by atoms with E-state index in [1.54, 1.807) is 12.1 Å². The van der Waals surface area contributed by atoms with Crippen LogP contribution < -0.4 is 5.32 Å². The first-order valence-electron chi connectivity index (χ1n) is 4.93. The maximum Gasteiger partial charge on any atom is 0.0872 e.